The first kappa shape index (κ1) is 22.3. The normalized spacial score (nSPS) is 22.6. The number of carbonyl (C=O) groups is 1. The predicted molar refractivity (Wildman–Crippen MR) is 113 cm³/mol. The molecule has 2 saturated heterocycles. The Bertz CT molecular complexity index is 603. The first-order valence-electron chi connectivity index (χ1n) is 9.71. The van der Waals surface area contributed by atoms with Gasteiger partial charge in [0.15, 0.2) is 0 Å². The van der Waals surface area contributed by atoms with Crippen molar-refractivity contribution in [3.63, 3.8) is 0 Å². The standard InChI is InChI=1S/C20H29N3O2.2ClH/c24-20(13-18-15-25-12-8-21-18)22-9-5-16(6-10-22)14-23-11-7-17-3-1-2-4-19(17)23;;/h1-4,16,18,21H,5-15H2;2*1H. The maximum absolute atomic E-state index is 12.5. The monoisotopic (exact) mass is 415 g/mol. The number of hydrogen-bond acceptors (Lipinski definition) is 4. The summed E-state index contributed by atoms with van der Waals surface area (Å²) in [6, 6.07) is 8.97. The average molecular weight is 416 g/mol. The number of anilines is 1. The highest BCUT2D eigenvalue weighted by Crippen LogP contribution is 2.30. The fraction of sp³-hybridized carbons (Fsp3) is 0.650. The molecule has 1 aromatic carbocycles. The zero-order chi connectivity index (χ0) is 17.1. The van der Waals surface area contributed by atoms with Crippen molar-refractivity contribution in [2.45, 2.75) is 31.7 Å². The van der Waals surface area contributed by atoms with Gasteiger partial charge in [-0.05, 0) is 36.8 Å². The Morgan fingerprint density at radius 3 is 2.67 bits per heavy atom. The quantitative estimate of drug-likeness (QED) is 0.820. The first-order valence-corrected chi connectivity index (χ1v) is 9.71. The van der Waals surface area contributed by atoms with Crippen LogP contribution in [0.15, 0.2) is 24.3 Å². The Hall–Kier alpha value is -1.01. The van der Waals surface area contributed by atoms with Crippen LogP contribution < -0.4 is 10.2 Å². The molecule has 0 aliphatic carbocycles. The largest absolute Gasteiger partial charge is 0.378 e. The van der Waals surface area contributed by atoms with Crippen molar-refractivity contribution in [3.8, 4) is 0 Å². The molecule has 0 radical (unpaired) electrons. The van der Waals surface area contributed by atoms with Crippen LogP contribution in [0.2, 0.25) is 0 Å². The van der Waals surface area contributed by atoms with Gasteiger partial charge in [0.2, 0.25) is 5.91 Å². The van der Waals surface area contributed by atoms with Gasteiger partial charge in [-0.25, -0.2) is 0 Å². The SMILES string of the molecule is Cl.Cl.O=C(CC1COCCN1)N1CCC(CN2CCc3ccccc32)CC1. The number of nitrogens with zero attached hydrogens (tertiary/aromatic N) is 2. The van der Waals surface area contributed by atoms with E-state index in [4.69, 9.17) is 4.74 Å². The fourth-order valence-electron chi connectivity index (χ4n) is 4.36. The van der Waals surface area contributed by atoms with Crippen LogP contribution >= 0.6 is 24.8 Å². The molecule has 5 nitrogen and oxygen atoms in total. The van der Waals surface area contributed by atoms with Crippen molar-refractivity contribution >= 4 is 36.4 Å². The summed E-state index contributed by atoms with van der Waals surface area (Å²) < 4.78 is 5.45. The number of hydrogen-bond donors (Lipinski definition) is 1. The highest BCUT2D eigenvalue weighted by Gasteiger charge is 2.28. The van der Waals surface area contributed by atoms with Crippen molar-refractivity contribution in [1.29, 1.82) is 0 Å². The van der Waals surface area contributed by atoms with E-state index < -0.39 is 0 Å². The minimum atomic E-state index is 0. The summed E-state index contributed by atoms with van der Waals surface area (Å²) in [5.41, 5.74) is 2.90. The second kappa shape index (κ2) is 10.5. The summed E-state index contributed by atoms with van der Waals surface area (Å²) >= 11 is 0. The topological polar surface area (TPSA) is 44.8 Å². The summed E-state index contributed by atoms with van der Waals surface area (Å²) in [5, 5.41) is 3.38. The van der Waals surface area contributed by atoms with Gasteiger partial charge in [-0.15, -0.1) is 24.8 Å². The summed E-state index contributed by atoms with van der Waals surface area (Å²) in [4.78, 5) is 17.1. The highest BCUT2D eigenvalue weighted by atomic mass is 35.5. The Kier molecular flexibility index (Phi) is 8.67. The number of likely N-dealkylation sites (tertiary alicyclic amines) is 1. The van der Waals surface area contributed by atoms with Gasteiger partial charge in [0.25, 0.3) is 0 Å². The van der Waals surface area contributed by atoms with Crippen LogP contribution in [0.3, 0.4) is 0 Å². The average Bonchev–Trinajstić information content (AvgIpc) is 3.06. The molecular formula is C20H31Cl2N3O2. The van der Waals surface area contributed by atoms with Gasteiger partial charge in [-0.2, -0.15) is 0 Å². The van der Waals surface area contributed by atoms with Crippen LogP contribution in [0.5, 0.6) is 0 Å². The number of ether oxygens (including phenoxy) is 1. The third-order valence-electron chi connectivity index (χ3n) is 5.85. The molecule has 1 unspecified atom stereocenters. The fourth-order valence-corrected chi connectivity index (χ4v) is 4.36. The predicted octanol–water partition coefficient (Wildman–Crippen LogP) is 2.51. The second-order valence-electron chi connectivity index (χ2n) is 7.58. The number of piperidine rings is 1. The molecule has 3 aliphatic rings. The number of para-hydroxylation sites is 1. The molecule has 2 fully saturated rings. The Morgan fingerprint density at radius 1 is 1.15 bits per heavy atom. The molecule has 1 N–H and O–H groups in total. The number of rotatable bonds is 4. The Balaban J connectivity index is 0.00000131. The summed E-state index contributed by atoms with van der Waals surface area (Å²) in [7, 11) is 0. The summed E-state index contributed by atoms with van der Waals surface area (Å²) in [6.45, 7) is 6.38. The molecule has 0 bridgehead atoms. The number of fused-ring (bicyclic) bond motifs is 1. The van der Waals surface area contributed by atoms with Crippen LogP contribution in [0.1, 0.15) is 24.8 Å². The summed E-state index contributed by atoms with van der Waals surface area (Å²) in [6.07, 6.45) is 3.99. The molecule has 0 aromatic heterocycles. The van der Waals surface area contributed by atoms with E-state index >= 15 is 0 Å². The van der Waals surface area contributed by atoms with Crippen molar-refractivity contribution in [1.82, 2.24) is 10.2 Å². The van der Waals surface area contributed by atoms with Crippen LogP contribution in [0.4, 0.5) is 5.69 Å². The van der Waals surface area contributed by atoms with E-state index in [2.05, 4.69) is 39.4 Å². The molecule has 0 spiro atoms. The van der Waals surface area contributed by atoms with Crippen molar-refractivity contribution in [3.05, 3.63) is 29.8 Å². The zero-order valence-corrected chi connectivity index (χ0v) is 17.4. The van der Waals surface area contributed by atoms with Crippen LogP contribution in [0, 0.1) is 5.92 Å². The molecule has 152 valence electrons. The van der Waals surface area contributed by atoms with Gasteiger partial charge in [0.05, 0.1) is 13.2 Å². The lowest BCUT2D eigenvalue weighted by molar-refractivity contribution is -0.133. The van der Waals surface area contributed by atoms with Crippen molar-refractivity contribution in [2.75, 3.05) is 50.8 Å². The third-order valence-corrected chi connectivity index (χ3v) is 5.85. The van der Waals surface area contributed by atoms with E-state index in [9.17, 15) is 4.79 Å². The molecule has 1 aromatic rings. The molecule has 1 atom stereocenters. The maximum atomic E-state index is 12.5. The van der Waals surface area contributed by atoms with Gasteiger partial charge in [-0.1, -0.05) is 18.2 Å². The third kappa shape index (κ3) is 5.50. The van der Waals surface area contributed by atoms with Crippen LogP contribution in [0.25, 0.3) is 0 Å². The number of nitrogens with one attached hydrogen (secondary N) is 1. The van der Waals surface area contributed by atoms with Gasteiger partial charge < -0.3 is 19.9 Å². The van der Waals surface area contributed by atoms with E-state index in [1.807, 2.05) is 0 Å². The lowest BCUT2D eigenvalue weighted by Crippen LogP contribution is -2.47. The summed E-state index contributed by atoms with van der Waals surface area (Å²) in [5.74, 6) is 0.985. The van der Waals surface area contributed by atoms with E-state index in [1.165, 1.54) is 17.7 Å². The Labute approximate surface area is 174 Å². The minimum absolute atomic E-state index is 0. The van der Waals surface area contributed by atoms with E-state index in [0.29, 0.717) is 18.9 Å². The maximum Gasteiger partial charge on any atom is 0.224 e. The smallest absolute Gasteiger partial charge is 0.224 e. The lowest BCUT2D eigenvalue weighted by atomic mass is 9.95. The zero-order valence-electron chi connectivity index (χ0n) is 15.8. The second-order valence-corrected chi connectivity index (χ2v) is 7.58. The van der Waals surface area contributed by atoms with Crippen molar-refractivity contribution < 1.29 is 9.53 Å². The van der Waals surface area contributed by atoms with Crippen molar-refractivity contribution in [2.24, 2.45) is 5.92 Å². The van der Waals surface area contributed by atoms with Gasteiger partial charge in [0.1, 0.15) is 0 Å². The molecule has 3 aliphatic heterocycles. The van der Waals surface area contributed by atoms with E-state index in [1.54, 1.807) is 0 Å². The van der Waals surface area contributed by atoms with Gasteiger partial charge in [-0.3, -0.25) is 4.79 Å². The molecule has 0 saturated carbocycles. The molecule has 1 amide bonds. The molecular weight excluding hydrogens is 385 g/mol. The number of halogens is 2. The number of amides is 1. The first-order chi connectivity index (χ1) is 12.3. The van der Waals surface area contributed by atoms with Crippen LogP contribution in [-0.4, -0.2) is 62.8 Å². The highest BCUT2D eigenvalue weighted by molar-refractivity contribution is 5.85. The van der Waals surface area contributed by atoms with E-state index in [0.717, 1.165) is 52.2 Å². The number of morpholine rings is 1. The lowest BCUT2D eigenvalue weighted by Gasteiger charge is -2.35. The molecule has 3 heterocycles. The number of benzene rings is 1. The minimum Gasteiger partial charge on any atom is -0.378 e. The number of carbonyl (C=O) groups excluding carboxylic acids is 1. The molecule has 7 heteroatoms. The van der Waals surface area contributed by atoms with Crippen LogP contribution in [-0.2, 0) is 16.0 Å². The van der Waals surface area contributed by atoms with E-state index in [-0.39, 0.29) is 36.8 Å². The Morgan fingerprint density at radius 2 is 1.93 bits per heavy atom. The molecule has 4 rings (SSSR count). The van der Waals surface area contributed by atoms with Gasteiger partial charge >= 0.3 is 0 Å². The molecule has 27 heavy (non-hydrogen) atoms. The van der Waals surface area contributed by atoms with Gasteiger partial charge in [0, 0.05) is 50.9 Å².